The summed E-state index contributed by atoms with van der Waals surface area (Å²) >= 11 is 6.45. The highest BCUT2D eigenvalue weighted by Gasteiger charge is 2.28. The number of anilines is 1. The van der Waals surface area contributed by atoms with Gasteiger partial charge in [-0.25, -0.2) is 18.7 Å². The van der Waals surface area contributed by atoms with Crippen molar-refractivity contribution in [3.05, 3.63) is 75.3 Å². The fourth-order valence-electron chi connectivity index (χ4n) is 4.26. The van der Waals surface area contributed by atoms with Crippen molar-refractivity contribution in [2.24, 2.45) is 0 Å². The number of carbonyl (C=O) groups excluding carboxylic acids is 1. The van der Waals surface area contributed by atoms with Gasteiger partial charge in [0, 0.05) is 42.7 Å². The lowest BCUT2D eigenvalue weighted by Gasteiger charge is -2.35. The van der Waals surface area contributed by atoms with Gasteiger partial charge in [0.2, 0.25) is 0 Å². The summed E-state index contributed by atoms with van der Waals surface area (Å²) in [6.45, 7) is 1.21. The van der Waals surface area contributed by atoms with Crippen LogP contribution in [-0.2, 0) is 0 Å². The second-order valence-electron chi connectivity index (χ2n) is 8.16. The molecule has 0 radical (unpaired) electrons. The molecule has 0 unspecified atom stereocenters. The van der Waals surface area contributed by atoms with E-state index in [0.717, 1.165) is 6.07 Å². The number of benzene rings is 2. The lowest BCUT2D eigenvalue weighted by molar-refractivity contribution is -0.402. The molecule has 13 heteroatoms. The van der Waals surface area contributed by atoms with Crippen LogP contribution in [0, 0.1) is 21.7 Å². The quantitative estimate of drug-likeness (QED) is 0.270. The van der Waals surface area contributed by atoms with Crippen molar-refractivity contribution in [1.29, 1.82) is 0 Å². The van der Waals surface area contributed by atoms with Gasteiger partial charge in [0.25, 0.3) is 5.91 Å². The van der Waals surface area contributed by atoms with Crippen molar-refractivity contribution in [2.45, 2.75) is 0 Å². The van der Waals surface area contributed by atoms with Crippen LogP contribution in [0.2, 0.25) is 5.02 Å². The van der Waals surface area contributed by atoms with Crippen LogP contribution in [0.4, 0.5) is 20.5 Å². The Morgan fingerprint density at radius 2 is 1.89 bits per heavy atom. The summed E-state index contributed by atoms with van der Waals surface area (Å²) in [5, 5.41) is 11.1. The number of halogens is 3. The fraction of sp³-hybridized carbons (Fsp3) is 0.208. The number of fused-ring (bicyclic) bond motifs is 1. The second-order valence-corrected chi connectivity index (χ2v) is 8.57. The van der Waals surface area contributed by atoms with Gasteiger partial charge >= 0.3 is 5.88 Å². The van der Waals surface area contributed by atoms with Crippen LogP contribution in [0.5, 0.6) is 5.75 Å². The van der Waals surface area contributed by atoms with Gasteiger partial charge in [-0.2, -0.15) is 0 Å². The predicted molar refractivity (Wildman–Crippen MR) is 130 cm³/mol. The molecule has 0 saturated carbocycles. The van der Waals surface area contributed by atoms with Gasteiger partial charge in [0.1, 0.15) is 34.2 Å². The normalized spacial score (nSPS) is 13.7. The summed E-state index contributed by atoms with van der Waals surface area (Å²) in [6, 6.07) is 7.82. The molecule has 0 bridgehead atoms. The molecule has 5 rings (SSSR count). The van der Waals surface area contributed by atoms with Crippen molar-refractivity contribution in [3.8, 4) is 16.9 Å². The van der Waals surface area contributed by atoms with Crippen LogP contribution in [0.1, 0.15) is 10.6 Å². The molecule has 2 aromatic carbocycles. The molecule has 190 valence electrons. The van der Waals surface area contributed by atoms with Gasteiger partial charge in [-0.1, -0.05) is 11.6 Å². The fourth-order valence-corrected chi connectivity index (χ4v) is 4.55. The number of methoxy groups -OCH3 is 1. The number of hydrogen-bond donors (Lipinski definition) is 0. The molecule has 1 aliphatic rings. The van der Waals surface area contributed by atoms with E-state index in [-0.39, 0.29) is 40.5 Å². The molecular formula is C24H18ClF2N5O5. The van der Waals surface area contributed by atoms with E-state index in [2.05, 4.69) is 9.97 Å². The Morgan fingerprint density at radius 3 is 2.57 bits per heavy atom. The largest absolute Gasteiger partial charge is 0.497 e. The van der Waals surface area contributed by atoms with Crippen LogP contribution < -0.4 is 9.64 Å². The third-order valence-corrected chi connectivity index (χ3v) is 6.39. The maximum Gasteiger partial charge on any atom is 0.433 e. The molecule has 2 aromatic heterocycles. The zero-order valence-electron chi connectivity index (χ0n) is 19.3. The third kappa shape index (κ3) is 4.40. The number of hydrogen-bond acceptors (Lipinski definition) is 8. The minimum Gasteiger partial charge on any atom is -0.497 e. The first kappa shape index (κ1) is 24.4. The van der Waals surface area contributed by atoms with E-state index in [9.17, 15) is 19.3 Å². The molecule has 0 N–H and O–H groups in total. The Labute approximate surface area is 213 Å². The molecule has 1 aliphatic heterocycles. The number of rotatable bonds is 5. The summed E-state index contributed by atoms with van der Waals surface area (Å²) < 4.78 is 40.4. The molecular weight excluding hydrogens is 512 g/mol. The first-order valence-electron chi connectivity index (χ1n) is 11.0. The monoisotopic (exact) mass is 529 g/mol. The van der Waals surface area contributed by atoms with Gasteiger partial charge in [0.15, 0.2) is 11.6 Å². The number of nitrogens with zero attached hydrogens (tertiary/aromatic N) is 5. The van der Waals surface area contributed by atoms with Crippen LogP contribution in [0.15, 0.2) is 47.1 Å². The highest BCUT2D eigenvalue weighted by molar-refractivity contribution is 6.34. The molecule has 0 spiro atoms. The van der Waals surface area contributed by atoms with E-state index in [4.69, 9.17) is 20.8 Å². The maximum atomic E-state index is 15.7. The molecule has 10 nitrogen and oxygen atoms in total. The van der Waals surface area contributed by atoms with Crippen LogP contribution in [-0.4, -0.2) is 59.0 Å². The predicted octanol–water partition coefficient (Wildman–Crippen LogP) is 4.70. The first-order chi connectivity index (χ1) is 17.8. The van der Waals surface area contributed by atoms with E-state index < -0.39 is 28.3 Å². The van der Waals surface area contributed by atoms with Crippen LogP contribution in [0.25, 0.3) is 22.0 Å². The van der Waals surface area contributed by atoms with Gasteiger partial charge < -0.3 is 19.0 Å². The zero-order chi connectivity index (χ0) is 26.3. The summed E-state index contributed by atoms with van der Waals surface area (Å²) in [7, 11) is 1.42. The van der Waals surface area contributed by atoms with Gasteiger partial charge in [-0.3, -0.25) is 14.9 Å². The topological polar surface area (TPSA) is 115 Å². The number of piperazine rings is 1. The summed E-state index contributed by atoms with van der Waals surface area (Å²) in [5.41, 5.74) is -0.236. The Kier molecular flexibility index (Phi) is 6.34. The van der Waals surface area contributed by atoms with E-state index in [1.165, 1.54) is 48.7 Å². The third-order valence-electron chi connectivity index (χ3n) is 6.09. The molecule has 4 aromatic rings. The van der Waals surface area contributed by atoms with Gasteiger partial charge in [-0.05, 0) is 30.3 Å². The molecule has 3 heterocycles. The Bertz CT molecular complexity index is 1540. The molecule has 1 saturated heterocycles. The molecule has 0 aliphatic carbocycles. The van der Waals surface area contributed by atoms with Crippen molar-refractivity contribution in [1.82, 2.24) is 14.9 Å². The Balaban J connectivity index is 1.43. The van der Waals surface area contributed by atoms with Crippen molar-refractivity contribution < 1.29 is 27.7 Å². The van der Waals surface area contributed by atoms with E-state index >= 15 is 4.39 Å². The Hall–Kier alpha value is -4.32. The smallest absolute Gasteiger partial charge is 0.433 e. The van der Waals surface area contributed by atoms with Crippen molar-refractivity contribution >= 4 is 40.1 Å². The van der Waals surface area contributed by atoms with E-state index in [0.29, 0.717) is 30.0 Å². The number of furan rings is 1. The van der Waals surface area contributed by atoms with E-state index in [1.807, 2.05) is 4.90 Å². The number of amides is 1. The average molecular weight is 530 g/mol. The number of ether oxygens (including phenoxy) is 1. The first-order valence-corrected chi connectivity index (χ1v) is 11.4. The standard InChI is InChI=1S/C24H18ClF2N5O5/c1-36-13-2-3-17(26)14(10-13)20-16(25)11-15-22(21(20)27)28-12-29-23(15)30-6-8-31(9-7-30)24(33)18-4-5-19(37-18)32(34)35/h2-5,10-12H,6-9H2,1H3. The molecule has 37 heavy (non-hydrogen) atoms. The number of aromatic nitrogens is 2. The second kappa shape index (κ2) is 9.62. The maximum absolute atomic E-state index is 15.7. The SMILES string of the molecule is COc1ccc(F)c(-c2c(Cl)cc3c(N4CCN(C(=O)c5ccc([N+](=O)[O-])o5)CC4)ncnc3c2F)c1. The van der Waals surface area contributed by atoms with E-state index in [1.54, 1.807) is 0 Å². The minimum absolute atomic E-state index is 0.0265. The van der Waals surface area contributed by atoms with Crippen molar-refractivity contribution in [3.63, 3.8) is 0 Å². The zero-order valence-corrected chi connectivity index (χ0v) is 20.0. The van der Waals surface area contributed by atoms with Gasteiger partial charge in [0.05, 0.1) is 18.2 Å². The summed E-state index contributed by atoms with van der Waals surface area (Å²) in [5.74, 6) is -1.83. The lowest BCUT2D eigenvalue weighted by atomic mass is 10.0. The van der Waals surface area contributed by atoms with Crippen LogP contribution in [0.3, 0.4) is 0 Å². The average Bonchev–Trinajstić information content (AvgIpc) is 3.40. The Morgan fingerprint density at radius 1 is 1.14 bits per heavy atom. The molecule has 0 atom stereocenters. The summed E-state index contributed by atoms with van der Waals surface area (Å²) in [6.07, 6.45) is 1.21. The molecule has 1 fully saturated rings. The summed E-state index contributed by atoms with van der Waals surface area (Å²) in [4.78, 5) is 34.5. The number of nitro groups is 1. The van der Waals surface area contributed by atoms with Gasteiger partial charge in [-0.15, -0.1) is 0 Å². The molecule has 1 amide bonds. The highest BCUT2D eigenvalue weighted by atomic mass is 35.5. The highest BCUT2D eigenvalue weighted by Crippen LogP contribution is 2.39. The van der Waals surface area contributed by atoms with Crippen molar-refractivity contribution in [2.75, 3.05) is 38.2 Å². The lowest BCUT2D eigenvalue weighted by Crippen LogP contribution is -2.49. The minimum atomic E-state index is -0.800. The number of carbonyl (C=O) groups is 1. The van der Waals surface area contributed by atoms with Crippen LogP contribution >= 0.6 is 11.6 Å².